The molecule has 1 aliphatic rings. The van der Waals surface area contributed by atoms with E-state index in [-0.39, 0.29) is 17.8 Å². The first-order chi connectivity index (χ1) is 12.8. The molecule has 0 aromatic heterocycles. The molecular weight excluding hydrogens is 355 g/mol. The smallest absolute Gasteiger partial charge is 0.319 e. The summed E-state index contributed by atoms with van der Waals surface area (Å²) in [6.45, 7) is 1.29. The van der Waals surface area contributed by atoms with E-state index in [0.717, 1.165) is 17.0 Å². The lowest BCUT2D eigenvalue weighted by Crippen LogP contribution is -2.40. The minimum Gasteiger partial charge on any atom is -0.319 e. The van der Waals surface area contributed by atoms with Gasteiger partial charge in [0, 0.05) is 12.1 Å². The molecule has 1 saturated heterocycles. The Morgan fingerprint density at radius 3 is 2.52 bits per heavy atom. The summed E-state index contributed by atoms with van der Waals surface area (Å²) in [4.78, 5) is 36.4. The van der Waals surface area contributed by atoms with Gasteiger partial charge in [0.2, 0.25) is 0 Å². The lowest BCUT2D eigenvalue weighted by Gasteiger charge is -2.22. The van der Waals surface area contributed by atoms with Gasteiger partial charge in [-0.25, -0.2) is 9.18 Å². The van der Waals surface area contributed by atoms with Crippen LogP contribution in [0.3, 0.4) is 0 Å². The van der Waals surface area contributed by atoms with E-state index in [1.54, 1.807) is 0 Å². The number of nitro groups is 1. The van der Waals surface area contributed by atoms with E-state index >= 15 is 0 Å². The zero-order valence-corrected chi connectivity index (χ0v) is 14.1. The van der Waals surface area contributed by atoms with E-state index in [2.05, 4.69) is 5.32 Å². The van der Waals surface area contributed by atoms with E-state index in [4.69, 9.17) is 5.26 Å². The number of carbonyl (C=O) groups is 2. The molecule has 0 aliphatic carbocycles. The minimum absolute atomic E-state index is 0.0274. The van der Waals surface area contributed by atoms with Crippen molar-refractivity contribution in [3.63, 3.8) is 0 Å². The third-order valence-corrected chi connectivity index (χ3v) is 4.45. The molecule has 1 unspecified atom stereocenters. The average Bonchev–Trinajstić information content (AvgIpc) is 2.87. The van der Waals surface area contributed by atoms with E-state index < -0.39 is 28.2 Å². The van der Waals surface area contributed by atoms with Gasteiger partial charge in [-0.05, 0) is 42.3 Å². The number of non-ortho nitro benzene ring substituents is 1. The molecule has 1 heterocycles. The first-order valence-corrected chi connectivity index (χ1v) is 7.84. The van der Waals surface area contributed by atoms with Crippen molar-refractivity contribution in [2.45, 2.75) is 19.0 Å². The molecule has 2 aromatic carbocycles. The van der Waals surface area contributed by atoms with Crippen LogP contribution >= 0.6 is 0 Å². The number of urea groups is 1. The fourth-order valence-corrected chi connectivity index (χ4v) is 2.91. The summed E-state index contributed by atoms with van der Waals surface area (Å²) in [7, 11) is 0. The van der Waals surface area contributed by atoms with Gasteiger partial charge < -0.3 is 5.32 Å². The van der Waals surface area contributed by atoms with E-state index in [1.165, 1.54) is 37.3 Å². The standard InChI is InChI=1S/C18H13FN4O4/c1-18(13-3-6-15(7-4-13)23(26)27)16(24)22(17(25)21-18)10-11-2-5-14(19)8-12(11)9-20/h2-8H,10H2,1H3,(H,21,25). The quantitative estimate of drug-likeness (QED) is 0.506. The number of amides is 3. The summed E-state index contributed by atoms with van der Waals surface area (Å²) in [5.74, 6) is -1.17. The highest BCUT2D eigenvalue weighted by Gasteiger charge is 2.49. The second kappa shape index (κ2) is 6.49. The molecule has 2 aromatic rings. The monoisotopic (exact) mass is 368 g/mol. The number of benzene rings is 2. The van der Waals surface area contributed by atoms with Crippen LogP contribution in [0.25, 0.3) is 0 Å². The molecule has 136 valence electrons. The molecule has 1 N–H and O–H groups in total. The number of hydrogen-bond donors (Lipinski definition) is 1. The number of rotatable bonds is 4. The lowest BCUT2D eigenvalue weighted by atomic mass is 9.92. The maximum atomic E-state index is 13.3. The van der Waals surface area contributed by atoms with Crippen LogP contribution < -0.4 is 5.32 Å². The summed E-state index contributed by atoms with van der Waals surface area (Å²) in [5.41, 5.74) is -0.802. The van der Waals surface area contributed by atoms with Gasteiger partial charge >= 0.3 is 6.03 Å². The van der Waals surface area contributed by atoms with Crippen LogP contribution in [-0.4, -0.2) is 21.8 Å². The van der Waals surface area contributed by atoms with Crippen molar-refractivity contribution in [3.05, 3.63) is 75.1 Å². The maximum Gasteiger partial charge on any atom is 0.325 e. The molecule has 8 nitrogen and oxygen atoms in total. The third-order valence-electron chi connectivity index (χ3n) is 4.45. The predicted molar refractivity (Wildman–Crippen MR) is 90.6 cm³/mol. The molecule has 0 spiro atoms. The summed E-state index contributed by atoms with van der Waals surface area (Å²) < 4.78 is 13.3. The van der Waals surface area contributed by atoms with Crippen LogP contribution in [0.15, 0.2) is 42.5 Å². The van der Waals surface area contributed by atoms with Crippen LogP contribution in [0, 0.1) is 27.3 Å². The number of hydrogen-bond acceptors (Lipinski definition) is 5. The molecular formula is C18H13FN4O4. The second-order valence-electron chi connectivity index (χ2n) is 6.16. The highest BCUT2D eigenvalue weighted by atomic mass is 19.1. The Hall–Kier alpha value is -3.80. The van der Waals surface area contributed by atoms with Crippen molar-refractivity contribution < 1.29 is 18.9 Å². The lowest BCUT2D eigenvalue weighted by molar-refractivity contribution is -0.384. The average molecular weight is 368 g/mol. The van der Waals surface area contributed by atoms with Crippen molar-refractivity contribution in [1.82, 2.24) is 10.2 Å². The Labute approximate surface area is 153 Å². The van der Waals surface area contributed by atoms with Crippen LogP contribution in [0.2, 0.25) is 0 Å². The molecule has 1 aliphatic heterocycles. The molecule has 1 fully saturated rings. The number of halogens is 1. The first-order valence-electron chi connectivity index (χ1n) is 7.84. The van der Waals surface area contributed by atoms with Gasteiger partial charge in [0.15, 0.2) is 0 Å². The van der Waals surface area contributed by atoms with Crippen molar-refractivity contribution in [3.8, 4) is 6.07 Å². The fourth-order valence-electron chi connectivity index (χ4n) is 2.91. The topological polar surface area (TPSA) is 116 Å². The first kappa shape index (κ1) is 18.0. The number of nitro benzene ring substituents is 1. The Bertz CT molecular complexity index is 999. The highest BCUT2D eigenvalue weighted by Crippen LogP contribution is 2.31. The number of nitriles is 1. The number of nitrogens with one attached hydrogen (secondary N) is 1. The molecule has 1 atom stereocenters. The Balaban J connectivity index is 1.91. The van der Waals surface area contributed by atoms with E-state index in [1.807, 2.05) is 6.07 Å². The van der Waals surface area contributed by atoms with Crippen molar-refractivity contribution in [2.24, 2.45) is 0 Å². The summed E-state index contributed by atoms with van der Waals surface area (Å²) >= 11 is 0. The molecule has 9 heteroatoms. The van der Waals surface area contributed by atoms with Gasteiger partial charge in [-0.2, -0.15) is 5.26 Å². The summed E-state index contributed by atoms with van der Waals surface area (Å²) in [6, 6.07) is 9.98. The van der Waals surface area contributed by atoms with Crippen LogP contribution in [0.1, 0.15) is 23.6 Å². The second-order valence-corrected chi connectivity index (χ2v) is 6.16. The van der Waals surface area contributed by atoms with Gasteiger partial charge in [-0.15, -0.1) is 0 Å². The minimum atomic E-state index is -1.40. The van der Waals surface area contributed by atoms with Gasteiger partial charge in [0.1, 0.15) is 11.4 Å². The molecule has 0 bridgehead atoms. The molecule has 3 amide bonds. The number of imide groups is 1. The summed E-state index contributed by atoms with van der Waals surface area (Å²) in [5, 5.41) is 22.5. The van der Waals surface area contributed by atoms with Crippen LogP contribution in [0.4, 0.5) is 14.9 Å². The zero-order valence-electron chi connectivity index (χ0n) is 14.1. The Morgan fingerprint density at radius 1 is 1.26 bits per heavy atom. The van der Waals surface area contributed by atoms with Gasteiger partial charge in [0.25, 0.3) is 11.6 Å². The van der Waals surface area contributed by atoms with Crippen LogP contribution in [0.5, 0.6) is 0 Å². The molecule has 3 rings (SSSR count). The largest absolute Gasteiger partial charge is 0.325 e. The third kappa shape index (κ3) is 3.08. The Kier molecular flexibility index (Phi) is 4.33. The van der Waals surface area contributed by atoms with E-state index in [0.29, 0.717) is 11.1 Å². The van der Waals surface area contributed by atoms with Gasteiger partial charge in [-0.3, -0.25) is 19.8 Å². The number of nitrogens with zero attached hydrogens (tertiary/aromatic N) is 3. The molecule has 0 radical (unpaired) electrons. The normalized spacial score (nSPS) is 18.9. The highest BCUT2D eigenvalue weighted by molar-refractivity contribution is 6.07. The van der Waals surface area contributed by atoms with Crippen molar-refractivity contribution >= 4 is 17.6 Å². The SMILES string of the molecule is CC1(c2ccc([N+](=O)[O-])cc2)NC(=O)N(Cc2ccc(F)cc2C#N)C1=O. The Morgan fingerprint density at radius 2 is 1.93 bits per heavy atom. The number of carbonyl (C=O) groups excluding carboxylic acids is 2. The van der Waals surface area contributed by atoms with Crippen molar-refractivity contribution in [2.75, 3.05) is 0 Å². The molecule has 0 saturated carbocycles. The maximum absolute atomic E-state index is 13.3. The predicted octanol–water partition coefficient (Wildman–Crippen LogP) is 2.57. The van der Waals surface area contributed by atoms with E-state index in [9.17, 15) is 24.1 Å². The fraction of sp³-hybridized carbons (Fsp3) is 0.167. The van der Waals surface area contributed by atoms with Crippen molar-refractivity contribution in [1.29, 1.82) is 5.26 Å². The van der Waals surface area contributed by atoms with Crippen LogP contribution in [-0.2, 0) is 16.9 Å². The van der Waals surface area contributed by atoms with Gasteiger partial charge in [0.05, 0.1) is 23.1 Å². The zero-order chi connectivity index (χ0) is 19.8. The van der Waals surface area contributed by atoms with Gasteiger partial charge in [-0.1, -0.05) is 6.07 Å². The molecule has 27 heavy (non-hydrogen) atoms. The summed E-state index contributed by atoms with van der Waals surface area (Å²) in [6.07, 6.45) is 0.